The van der Waals surface area contributed by atoms with Gasteiger partial charge in [-0.1, -0.05) is 17.7 Å². The molecule has 2 N–H and O–H groups in total. The Labute approximate surface area is 107 Å². The molecule has 0 amide bonds. The first-order chi connectivity index (χ1) is 8.20. The number of ether oxygens (including phenoxy) is 1. The van der Waals surface area contributed by atoms with E-state index in [-0.39, 0.29) is 0 Å². The third kappa shape index (κ3) is 3.60. The molecule has 0 atom stereocenters. The Morgan fingerprint density at radius 2 is 2.24 bits per heavy atom. The van der Waals surface area contributed by atoms with Gasteiger partial charge in [0.15, 0.2) is 0 Å². The zero-order chi connectivity index (χ0) is 12.3. The molecule has 0 spiro atoms. The van der Waals surface area contributed by atoms with Crippen molar-refractivity contribution in [3.63, 3.8) is 0 Å². The second-order valence-electron chi connectivity index (χ2n) is 4.52. The van der Waals surface area contributed by atoms with Crippen molar-refractivity contribution in [3.05, 3.63) is 28.8 Å². The van der Waals surface area contributed by atoms with E-state index in [1.165, 1.54) is 12.8 Å². The van der Waals surface area contributed by atoms with Crippen LogP contribution in [0.25, 0.3) is 0 Å². The van der Waals surface area contributed by atoms with Gasteiger partial charge in [0.2, 0.25) is 0 Å². The molecule has 1 aliphatic carbocycles. The largest absolute Gasteiger partial charge is 0.492 e. The molecule has 1 aromatic carbocycles. The average molecular weight is 255 g/mol. The first kappa shape index (κ1) is 12.7. The van der Waals surface area contributed by atoms with Gasteiger partial charge in [-0.3, -0.25) is 0 Å². The van der Waals surface area contributed by atoms with Crippen LogP contribution in [0, 0.1) is 0 Å². The lowest BCUT2D eigenvalue weighted by Crippen LogP contribution is -2.26. The molecule has 3 nitrogen and oxygen atoms in total. The molecular formula is C13H19ClN2O. The number of rotatable bonds is 6. The fourth-order valence-corrected chi connectivity index (χ4v) is 1.99. The number of nitrogens with zero attached hydrogens (tertiary/aromatic N) is 1. The highest BCUT2D eigenvalue weighted by atomic mass is 35.5. The molecule has 1 fully saturated rings. The lowest BCUT2D eigenvalue weighted by Gasteiger charge is -2.17. The molecule has 1 aliphatic rings. The van der Waals surface area contributed by atoms with Crippen LogP contribution in [0.1, 0.15) is 18.4 Å². The summed E-state index contributed by atoms with van der Waals surface area (Å²) in [5.74, 6) is 0.809. The van der Waals surface area contributed by atoms with Gasteiger partial charge in [0.05, 0.1) is 0 Å². The average Bonchev–Trinajstić information content (AvgIpc) is 3.13. The highest BCUT2D eigenvalue weighted by Crippen LogP contribution is 2.26. The van der Waals surface area contributed by atoms with Crippen LogP contribution in [-0.2, 0) is 6.54 Å². The predicted octanol–water partition coefficient (Wildman–Crippen LogP) is 2.27. The quantitative estimate of drug-likeness (QED) is 0.847. The summed E-state index contributed by atoms with van der Waals surface area (Å²) in [5.41, 5.74) is 6.66. The summed E-state index contributed by atoms with van der Waals surface area (Å²) in [6.07, 6.45) is 2.64. The molecule has 1 saturated carbocycles. The molecule has 0 aromatic heterocycles. The molecular weight excluding hydrogens is 236 g/mol. The maximum atomic E-state index is 5.94. The Bertz CT molecular complexity index is 380. The first-order valence-corrected chi connectivity index (χ1v) is 6.40. The Morgan fingerprint density at radius 3 is 2.88 bits per heavy atom. The summed E-state index contributed by atoms with van der Waals surface area (Å²) < 4.78 is 5.75. The van der Waals surface area contributed by atoms with Gasteiger partial charge in [0.1, 0.15) is 12.4 Å². The van der Waals surface area contributed by atoms with Crippen LogP contribution in [0.5, 0.6) is 5.75 Å². The number of halogens is 1. The van der Waals surface area contributed by atoms with Crippen molar-refractivity contribution in [2.24, 2.45) is 5.73 Å². The zero-order valence-corrected chi connectivity index (χ0v) is 10.9. The van der Waals surface area contributed by atoms with Crippen molar-refractivity contribution in [2.45, 2.75) is 25.4 Å². The molecule has 2 rings (SSSR count). The first-order valence-electron chi connectivity index (χ1n) is 6.02. The third-order valence-electron chi connectivity index (χ3n) is 3.12. The standard InChI is InChI=1S/C13H19ClN2O/c1-16(12-4-5-12)6-7-17-13-8-11(14)3-2-10(13)9-15/h2-3,8,12H,4-7,9,15H2,1H3. The molecule has 0 unspecified atom stereocenters. The van der Waals surface area contributed by atoms with Crippen LogP contribution in [0.15, 0.2) is 18.2 Å². The maximum Gasteiger partial charge on any atom is 0.125 e. The van der Waals surface area contributed by atoms with Gasteiger partial charge in [0.25, 0.3) is 0 Å². The second-order valence-corrected chi connectivity index (χ2v) is 4.95. The molecule has 0 aliphatic heterocycles. The van der Waals surface area contributed by atoms with Crippen LogP contribution in [-0.4, -0.2) is 31.1 Å². The molecule has 0 radical (unpaired) electrons. The molecule has 0 saturated heterocycles. The lowest BCUT2D eigenvalue weighted by molar-refractivity contribution is 0.230. The molecule has 94 valence electrons. The van der Waals surface area contributed by atoms with Crippen LogP contribution in [0.2, 0.25) is 5.02 Å². The van der Waals surface area contributed by atoms with E-state index in [2.05, 4.69) is 11.9 Å². The van der Waals surface area contributed by atoms with E-state index >= 15 is 0 Å². The SMILES string of the molecule is CN(CCOc1cc(Cl)ccc1CN)C1CC1. The monoisotopic (exact) mass is 254 g/mol. The number of hydrogen-bond donors (Lipinski definition) is 1. The van der Waals surface area contributed by atoms with Gasteiger partial charge in [-0.05, 0) is 32.0 Å². The van der Waals surface area contributed by atoms with Crippen molar-refractivity contribution in [1.82, 2.24) is 4.90 Å². The van der Waals surface area contributed by atoms with Gasteiger partial charge in [-0.25, -0.2) is 0 Å². The van der Waals surface area contributed by atoms with Crippen molar-refractivity contribution >= 4 is 11.6 Å². The summed E-state index contributed by atoms with van der Waals surface area (Å²) in [6.45, 7) is 2.10. The summed E-state index contributed by atoms with van der Waals surface area (Å²) >= 11 is 5.94. The minimum Gasteiger partial charge on any atom is -0.492 e. The van der Waals surface area contributed by atoms with Gasteiger partial charge in [-0.2, -0.15) is 0 Å². The Balaban J connectivity index is 1.86. The van der Waals surface area contributed by atoms with Crippen LogP contribution in [0.3, 0.4) is 0 Å². The summed E-state index contributed by atoms with van der Waals surface area (Å²) in [5, 5.41) is 0.688. The summed E-state index contributed by atoms with van der Waals surface area (Å²) in [7, 11) is 2.14. The lowest BCUT2D eigenvalue weighted by atomic mass is 10.2. The van der Waals surface area contributed by atoms with Crippen LogP contribution >= 0.6 is 11.6 Å². The molecule has 0 heterocycles. The summed E-state index contributed by atoms with van der Waals surface area (Å²) in [4.78, 5) is 2.34. The molecule has 0 bridgehead atoms. The highest BCUT2D eigenvalue weighted by molar-refractivity contribution is 6.30. The van der Waals surface area contributed by atoms with Crippen molar-refractivity contribution in [3.8, 4) is 5.75 Å². The van der Waals surface area contributed by atoms with Crippen molar-refractivity contribution in [2.75, 3.05) is 20.2 Å². The topological polar surface area (TPSA) is 38.5 Å². The molecule has 17 heavy (non-hydrogen) atoms. The van der Waals surface area contributed by atoms with Crippen molar-refractivity contribution in [1.29, 1.82) is 0 Å². The minimum absolute atomic E-state index is 0.477. The van der Waals surface area contributed by atoms with Crippen LogP contribution in [0.4, 0.5) is 0 Å². The van der Waals surface area contributed by atoms with Gasteiger partial charge in [-0.15, -0.1) is 0 Å². The van der Waals surface area contributed by atoms with Crippen molar-refractivity contribution < 1.29 is 4.74 Å². The Morgan fingerprint density at radius 1 is 1.47 bits per heavy atom. The molecule has 1 aromatic rings. The minimum atomic E-state index is 0.477. The summed E-state index contributed by atoms with van der Waals surface area (Å²) in [6, 6.07) is 6.36. The zero-order valence-electron chi connectivity index (χ0n) is 10.2. The van der Waals surface area contributed by atoms with Crippen LogP contribution < -0.4 is 10.5 Å². The molecule has 4 heteroatoms. The smallest absolute Gasteiger partial charge is 0.125 e. The Hall–Kier alpha value is -0.770. The van der Waals surface area contributed by atoms with E-state index < -0.39 is 0 Å². The van der Waals surface area contributed by atoms with Gasteiger partial charge >= 0.3 is 0 Å². The van der Waals surface area contributed by atoms with Gasteiger partial charge in [0, 0.05) is 29.7 Å². The van der Waals surface area contributed by atoms with E-state index in [0.717, 1.165) is 23.9 Å². The third-order valence-corrected chi connectivity index (χ3v) is 3.36. The number of benzene rings is 1. The van der Waals surface area contributed by atoms with E-state index in [0.29, 0.717) is 18.2 Å². The van der Waals surface area contributed by atoms with E-state index in [1.807, 2.05) is 18.2 Å². The maximum absolute atomic E-state index is 5.94. The fraction of sp³-hybridized carbons (Fsp3) is 0.538. The van der Waals surface area contributed by atoms with E-state index in [1.54, 1.807) is 0 Å². The van der Waals surface area contributed by atoms with E-state index in [4.69, 9.17) is 22.1 Å². The Kier molecular flexibility index (Phi) is 4.26. The number of likely N-dealkylation sites (N-methyl/N-ethyl adjacent to an activating group) is 1. The highest BCUT2D eigenvalue weighted by Gasteiger charge is 2.25. The fourth-order valence-electron chi connectivity index (χ4n) is 1.83. The number of nitrogens with two attached hydrogens (primary N) is 1. The predicted molar refractivity (Wildman–Crippen MR) is 70.5 cm³/mol. The number of hydrogen-bond acceptors (Lipinski definition) is 3. The second kappa shape index (κ2) is 5.71. The normalized spacial score (nSPS) is 15.3. The van der Waals surface area contributed by atoms with E-state index in [9.17, 15) is 0 Å². The van der Waals surface area contributed by atoms with Gasteiger partial charge < -0.3 is 15.4 Å².